The number of anilines is 1. The molecule has 0 bridgehead atoms. The van der Waals surface area contributed by atoms with Crippen LogP contribution >= 0.6 is 0 Å². The Bertz CT molecular complexity index is 947. The van der Waals surface area contributed by atoms with E-state index in [2.05, 4.69) is 9.97 Å². The first-order valence-corrected chi connectivity index (χ1v) is 6.41. The lowest BCUT2D eigenvalue weighted by Crippen LogP contribution is -2.23. The third kappa shape index (κ3) is 1.57. The van der Waals surface area contributed by atoms with E-state index in [4.69, 9.17) is 5.73 Å². The summed E-state index contributed by atoms with van der Waals surface area (Å²) in [5, 5.41) is 0. The Labute approximate surface area is 119 Å². The van der Waals surface area contributed by atoms with Gasteiger partial charge in [0.15, 0.2) is 0 Å². The zero-order valence-corrected chi connectivity index (χ0v) is 10.8. The molecule has 21 heavy (non-hydrogen) atoms. The van der Waals surface area contributed by atoms with Gasteiger partial charge >= 0.3 is 0 Å². The second-order valence-corrected chi connectivity index (χ2v) is 4.87. The van der Waals surface area contributed by atoms with Gasteiger partial charge in [-0.15, -0.1) is 0 Å². The minimum Gasteiger partial charge on any atom is -0.399 e. The highest BCUT2D eigenvalue weighted by Gasteiger charge is 2.32. The number of nitrogens with zero attached hydrogens (tertiary/aromatic N) is 2. The molecule has 100 valence electrons. The zero-order chi connectivity index (χ0) is 14.6. The molecule has 0 amide bonds. The van der Waals surface area contributed by atoms with Gasteiger partial charge in [-0.3, -0.25) is 9.59 Å². The van der Waals surface area contributed by atoms with Crippen LogP contribution in [0.4, 0.5) is 5.69 Å². The number of nitrogen functional groups attached to an aromatic ring is 1. The van der Waals surface area contributed by atoms with Crippen molar-refractivity contribution in [1.29, 1.82) is 0 Å². The summed E-state index contributed by atoms with van der Waals surface area (Å²) in [5.74, 6) is -0.552. The first-order valence-electron chi connectivity index (χ1n) is 6.41. The highest BCUT2D eigenvalue weighted by molar-refractivity contribution is 6.27. The Morgan fingerprint density at radius 1 is 0.762 bits per heavy atom. The number of aromatic nitrogens is 2. The van der Waals surface area contributed by atoms with Crippen LogP contribution < -0.4 is 5.73 Å². The summed E-state index contributed by atoms with van der Waals surface area (Å²) in [7, 11) is 0. The van der Waals surface area contributed by atoms with Gasteiger partial charge in [0.25, 0.3) is 0 Å². The number of nitrogens with two attached hydrogens (primary N) is 1. The van der Waals surface area contributed by atoms with E-state index in [9.17, 15) is 9.59 Å². The van der Waals surface area contributed by atoms with Gasteiger partial charge in [0.05, 0.1) is 11.0 Å². The minimum atomic E-state index is -0.281. The quantitative estimate of drug-likeness (QED) is 0.496. The van der Waals surface area contributed by atoms with Crippen molar-refractivity contribution >= 4 is 28.3 Å². The highest BCUT2D eigenvalue weighted by Crippen LogP contribution is 2.26. The second-order valence-electron chi connectivity index (χ2n) is 4.87. The van der Waals surface area contributed by atoms with Crippen LogP contribution in [0.5, 0.6) is 0 Å². The van der Waals surface area contributed by atoms with Gasteiger partial charge in [-0.05, 0) is 18.2 Å². The first-order chi connectivity index (χ1) is 10.1. The van der Waals surface area contributed by atoms with Crippen LogP contribution in [0.15, 0.2) is 42.5 Å². The fourth-order valence-electron chi connectivity index (χ4n) is 2.52. The molecule has 0 atom stereocenters. The number of rotatable bonds is 0. The van der Waals surface area contributed by atoms with Crippen LogP contribution in [0.3, 0.4) is 0 Å². The van der Waals surface area contributed by atoms with Crippen molar-refractivity contribution in [2.24, 2.45) is 0 Å². The smallest absolute Gasteiger partial charge is 0.214 e. The van der Waals surface area contributed by atoms with E-state index in [0.717, 1.165) is 0 Å². The van der Waals surface area contributed by atoms with Gasteiger partial charge in [0.2, 0.25) is 11.6 Å². The SMILES string of the molecule is Nc1ccc2nc3c(nc2c1)C(=O)c1ccccc1C3=O. The van der Waals surface area contributed by atoms with Crippen molar-refractivity contribution in [3.8, 4) is 0 Å². The lowest BCUT2D eigenvalue weighted by atomic mass is 9.89. The summed E-state index contributed by atoms with van der Waals surface area (Å²) in [6.07, 6.45) is 0. The number of ketones is 2. The van der Waals surface area contributed by atoms with Crippen LogP contribution in [-0.2, 0) is 0 Å². The average molecular weight is 275 g/mol. The van der Waals surface area contributed by atoms with E-state index in [0.29, 0.717) is 27.8 Å². The van der Waals surface area contributed by atoms with Crippen molar-refractivity contribution in [2.45, 2.75) is 0 Å². The van der Waals surface area contributed by atoms with E-state index in [1.807, 2.05) is 0 Å². The monoisotopic (exact) mass is 275 g/mol. The third-order valence-corrected chi connectivity index (χ3v) is 3.53. The minimum absolute atomic E-state index is 0.0943. The third-order valence-electron chi connectivity index (χ3n) is 3.53. The number of benzene rings is 2. The summed E-state index contributed by atoms with van der Waals surface area (Å²) in [6, 6.07) is 11.7. The van der Waals surface area contributed by atoms with Crippen molar-refractivity contribution in [3.05, 3.63) is 65.0 Å². The molecule has 1 aromatic heterocycles. The van der Waals surface area contributed by atoms with Gasteiger partial charge in [0.1, 0.15) is 11.4 Å². The molecule has 0 fully saturated rings. The summed E-state index contributed by atoms with van der Waals surface area (Å²) >= 11 is 0. The van der Waals surface area contributed by atoms with Crippen LogP contribution in [0.1, 0.15) is 32.1 Å². The standard InChI is InChI=1S/C16H9N3O2/c17-8-5-6-11-12(7-8)19-14-13(18-11)15(20)9-3-1-2-4-10(9)16(14)21/h1-7H,17H2. The Kier molecular flexibility index (Phi) is 2.21. The molecule has 1 aliphatic carbocycles. The molecule has 1 aliphatic rings. The molecule has 2 aromatic carbocycles. The van der Waals surface area contributed by atoms with Gasteiger partial charge in [-0.2, -0.15) is 0 Å². The topological polar surface area (TPSA) is 85.9 Å². The maximum Gasteiger partial charge on any atom is 0.214 e. The van der Waals surface area contributed by atoms with Gasteiger partial charge in [0, 0.05) is 16.8 Å². The Morgan fingerprint density at radius 3 is 1.95 bits per heavy atom. The largest absolute Gasteiger partial charge is 0.399 e. The zero-order valence-electron chi connectivity index (χ0n) is 10.8. The molecule has 4 rings (SSSR count). The lowest BCUT2D eigenvalue weighted by molar-refractivity contribution is 0.0972. The van der Waals surface area contributed by atoms with Gasteiger partial charge in [-0.1, -0.05) is 24.3 Å². The molecule has 3 aromatic rings. The van der Waals surface area contributed by atoms with Gasteiger partial charge in [-0.25, -0.2) is 9.97 Å². The summed E-state index contributed by atoms with van der Waals surface area (Å²) in [4.78, 5) is 33.6. The van der Waals surface area contributed by atoms with Crippen molar-refractivity contribution in [2.75, 3.05) is 5.73 Å². The number of fused-ring (bicyclic) bond motifs is 3. The Morgan fingerprint density at radius 2 is 1.33 bits per heavy atom. The highest BCUT2D eigenvalue weighted by atomic mass is 16.1. The normalized spacial score (nSPS) is 13.1. The Balaban J connectivity index is 2.06. The first kappa shape index (κ1) is 11.7. The van der Waals surface area contributed by atoms with Crippen LogP contribution in [0.2, 0.25) is 0 Å². The molecule has 0 spiro atoms. The molecule has 0 unspecified atom stereocenters. The number of hydrogen-bond donors (Lipinski definition) is 1. The fraction of sp³-hybridized carbons (Fsp3) is 0. The predicted octanol–water partition coefficient (Wildman–Crippen LogP) is 1.99. The van der Waals surface area contributed by atoms with Crippen LogP contribution in [-0.4, -0.2) is 21.5 Å². The summed E-state index contributed by atoms with van der Waals surface area (Å²) < 4.78 is 0. The van der Waals surface area contributed by atoms with Crippen LogP contribution in [0, 0.1) is 0 Å². The van der Waals surface area contributed by atoms with E-state index >= 15 is 0 Å². The molecule has 0 aliphatic heterocycles. The van der Waals surface area contributed by atoms with Crippen LogP contribution in [0.25, 0.3) is 11.0 Å². The van der Waals surface area contributed by atoms with E-state index in [1.165, 1.54) is 0 Å². The van der Waals surface area contributed by atoms with Gasteiger partial charge < -0.3 is 5.73 Å². The molecule has 2 N–H and O–H groups in total. The average Bonchev–Trinajstić information content (AvgIpc) is 2.51. The predicted molar refractivity (Wildman–Crippen MR) is 77.3 cm³/mol. The molecule has 5 heteroatoms. The van der Waals surface area contributed by atoms with E-state index < -0.39 is 0 Å². The van der Waals surface area contributed by atoms with E-state index in [1.54, 1.807) is 42.5 Å². The summed E-state index contributed by atoms with van der Waals surface area (Å²) in [6.45, 7) is 0. The molecule has 0 saturated heterocycles. The lowest BCUT2D eigenvalue weighted by Gasteiger charge is -2.16. The second kappa shape index (κ2) is 3.96. The molecular formula is C16H9N3O2. The number of carbonyl (C=O) groups excluding carboxylic acids is 2. The fourth-order valence-corrected chi connectivity index (χ4v) is 2.52. The molecule has 1 heterocycles. The van der Waals surface area contributed by atoms with Crippen molar-refractivity contribution in [1.82, 2.24) is 9.97 Å². The summed E-state index contributed by atoms with van der Waals surface area (Å²) in [5.41, 5.74) is 8.25. The van der Waals surface area contributed by atoms with E-state index in [-0.39, 0.29) is 23.0 Å². The van der Waals surface area contributed by atoms with Crippen molar-refractivity contribution < 1.29 is 9.59 Å². The number of hydrogen-bond acceptors (Lipinski definition) is 5. The molecule has 0 radical (unpaired) electrons. The molecule has 0 saturated carbocycles. The number of carbonyl (C=O) groups is 2. The maximum atomic E-state index is 12.5. The Hall–Kier alpha value is -3.08. The maximum absolute atomic E-state index is 12.5. The molecular weight excluding hydrogens is 266 g/mol. The molecule has 5 nitrogen and oxygen atoms in total. The van der Waals surface area contributed by atoms with Crippen molar-refractivity contribution in [3.63, 3.8) is 0 Å².